The van der Waals surface area contributed by atoms with Crippen LogP contribution < -0.4 is 28.5 Å². The van der Waals surface area contributed by atoms with E-state index >= 15 is 0 Å². The van der Waals surface area contributed by atoms with Crippen molar-refractivity contribution in [3.05, 3.63) is 66.9 Å². The molecule has 0 aliphatic heterocycles. The van der Waals surface area contributed by atoms with Gasteiger partial charge >= 0.3 is 0 Å². The minimum absolute atomic E-state index is 0. The van der Waals surface area contributed by atoms with E-state index in [1.165, 1.54) is 35.7 Å². The van der Waals surface area contributed by atoms with E-state index in [-0.39, 0.29) is 30.0 Å². The summed E-state index contributed by atoms with van der Waals surface area (Å²) in [6.45, 7) is 8.47. The maximum Gasteiger partial charge on any atom is 0.213 e. The number of hydrogen-bond acceptors (Lipinski definition) is 0. The van der Waals surface area contributed by atoms with E-state index < -0.39 is 0 Å². The average Bonchev–Trinajstić information content (AvgIpc) is 2.54. The summed E-state index contributed by atoms with van der Waals surface area (Å²) < 4.78 is 2.34. The third-order valence-electron chi connectivity index (χ3n) is 4.08. The van der Waals surface area contributed by atoms with Crippen molar-refractivity contribution >= 4 is 10.9 Å². The molecule has 0 bridgehead atoms. The predicted molar refractivity (Wildman–Crippen MR) is 91.3 cm³/mol. The van der Waals surface area contributed by atoms with E-state index in [1.54, 1.807) is 0 Å². The number of fused-ring (bicyclic) bond motifs is 1. The summed E-state index contributed by atoms with van der Waals surface area (Å²) in [5, 5.41) is 1.27. The van der Waals surface area contributed by atoms with Crippen LogP contribution in [0.5, 0.6) is 0 Å². The quantitative estimate of drug-likeness (QED) is 0.287. The van der Waals surface area contributed by atoms with Gasteiger partial charge in [-0.1, -0.05) is 44.6 Å². The van der Waals surface area contributed by atoms with Gasteiger partial charge < -0.3 is 24.0 Å². The van der Waals surface area contributed by atoms with Crippen LogP contribution in [0.25, 0.3) is 10.9 Å². The van der Waals surface area contributed by atoms with E-state index in [4.69, 9.17) is 0 Å². The van der Waals surface area contributed by atoms with Crippen molar-refractivity contribution in [1.29, 1.82) is 0 Å². The van der Waals surface area contributed by atoms with Gasteiger partial charge in [-0.3, -0.25) is 0 Å². The first-order chi connectivity index (χ1) is 10.3. The zero-order valence-electron chi connectivity index (χ0n) is 13.6. The van der Waals surface area contributed by atoms with Gasteiger partial charge in [-0.05, 0) is 43.5 Å². The number of halogens is 1. The molecule has 0 saturated carbocycles. The fraction of sp³-hybridized carbons (Fsp3) is 0.350. The molecule has 2 rings (SSSR count). The van der Waals surface area contributed by atoms with Crippen LogP contribution in [0.2, 0.25) is 0 Å². The standard InChI is InChI=1S/C20H26N.HI/c1-4-7-8-12-17(5-2)19(6-3)21-16-11-14-18-13-9-10-15-20(18)21;/h5-6,9-11,13-16,19H,3-4,7-8,12H2,1-2H3;1H/q+1;/p-1. The molecule has 0 radical (unpaired) electrons. The SMILES string of the molecule is C=CC(C(=CC)CCCCC)[n+]1cccc2ccccc21.[I-]. The third kappa shape index (κ3) is 4.42. The molecule has 1 aromatic carbocycles. The second kappa shape index (κ2) is 9.78. The van der Waals surface area contributed by atoms with Gasteiger partial charge in [0.15, 0.2) is 12.2 Å². The molecule has 1 heterocycles. The average molecular weight is 407 g/mol. The summed E-state index contributed by atoms with van der Waals surface area (Å²) in [7, 11) is 0. The Balaban J connectivity index is 0.00000242. The molecule has 0 amide bonds. The van der Waals surface area contributed by atoms with Crippen molar-refractivity contribution < 1.29 is 28.5 Å². The number of unbranched alkanes of at least 4 members (excludes halogenated alkanes) is 2. The van der Waals surface area contributed by atoms with Crippen molar-refractivity contribution in [3.8, 4) is 0 Å². The van der Waals surface area contributed by atoms with Crippen LogP contribution in [0.4, 0.5) is 0 Å². The van der Waals surface area contributed by atoms with Crippen LogP contribution in [0.1, 0.15) is 45.6 Å². The van der Waals surface area contributed by atoms with Crippen LogP contribution in [0, 0.1) is 0 Å². The molecule has 0 N–H and O–H groups in total. The molecule has 22 heavy (non-hydrogen) atoms. The van der Waals surface area contributed by atoms with Crippen molar-refractivity contribution in [2.75, 3.05) is 0 Å². The van der Waals surface area contributed by atoms with Gasteiger partial charge in [0.2, 0.25) is 5.52 Å². The minimum atomic E-state index is 0. The number of para-hydroxylation sites is 1. The van der Waals surface area contributed by atoms with E-state index in [2.05, 4.69) is 79.7 Å². The lowest BCUT2D eigenvalue weighted by atomic mass is 9.99. The summed E-state index contributed by atoms with van der Waals surface area (Å²) in [4.78, 5) is 0. The van der Waals surface area contributed by atoms with E-state index in [0.29, 0.717) is 0 Å². The molecule has 2 heteroatoms. The number of benzene rings is 1. The lowest BCUT2D eigenvalue weighted by Gasteiger charge is -2.14. The van der Waals surface area contributed by atoms with Gasteiger partial charge in [0.25, 0.3) is 0 Å². The van der Waals surface area contributed by atoms with Crippen LogP contribution in [0.3, 0.4) is 0 Å². The first kappa shape index (κ1) is 18.9. The Morgan fingerprint density at radius 2 is 1.91 bits per heavy atom. The number of nitrogens with zero attached hydrogens (tertiary/aromatic N) is 1. The summed E-state index contributed by atoms with van der Waals surface area (Å²) in [6.07, 6.45) is 11.4. The topological polar surface area (TPSA) is 3.88 Å². The van der Waals surface area contributed by atoms with Crippen molar-refractivity contribution in [3.63, 3.8) is 0 Å². The first-order valence-electron chi connectivity index (χ1n) is 7.98. The lowest BCUT2D eigenvalue weighted by Crippen LogP contribution is -3.00. The molecule has 0 aliphatic carbocycles. The summed E-state index contributed by atoms with van der Waals surface area (Å²) in [5.41, 5.74) is 2.72. The van der Waals surface area contributed by atoms with Crippen LogP contribution in [-0.4, -0.2) is 0 Å². The van der Waals surface area contributed by atoms with Crippen LogP contribution in [-0.2, 0) is 0 Å². The number of rotatable bonds is 7. The Kier molecular flexibility index (Phi) is 8.39. The minimum Gasteiger partial charge on any atom is -1.00 e. The van der Waals surface area contributed by atoms with Crippen molar-refractivity contribution in [2.45, 2.75) is 45.6 Å². The highest BCUT2D eigenvalue weighted by Gasteiger charge is 2.21. The van der Waals surface area contributed by atoms with Gasteiger partial charge in [-0.2, -0.15) is 4.57 Å². The Bertz CT molecular complexity index is 625. The Labute approximate surface area is 151 Å². The fourth-order valence-electron chi connectivity index (χ4n) is 2.91. The molecule has 1 unspecified atom stereocenters. The van der Waals surface area contributed by atoms with E-state index in [0.717, 1.165) is 6.42 Å². The molecule has 2 aromatic rings. The second-order valence-electron chi connectivity index (χ2n) is 5.48. The van der Waals surface area contributed by atoms with Gasteiger partial charge in [0, 0.05) is 17.5 Å². The Hall–Kier alpha value is -1.16. The number of pyridine rings is 1. The highest BCUT2D eigenvalue weighted by atomic mass is 127. The maximum absolute atomic E-state index is 4.08. The monoisotopic (exact) mass is 407 g/mol. The Morgan fingerprint density at radius 1 is 1.18 bits per heavy atom. The number of allylic oxidation sites excluding steroid dienone is 3. The first-order valence-corrected chi connectivity index (χ1v) is 7.98. The number of hydrogen-bond donors (Lipinski definition) is 0. The highest BCUT2D eigenvalue weighted by Crippen LogP contribution is 2.22. The molecule has 0 spiro atoms. The highest BCUT2D eigenvalue weighted by molar-refractivity contribution is 5.75. The van der Waals surface area contributed by atoms with Gasteiger partial charge in [0.1, 0.15) is 0 Å². The van der Waals surface area contributed by atoms with Gasteiger partial charge in [-0.25, -0.2) is 0 Å². The summed E-state index contributed by atoms with van der Waals surface area (Å²) in [5.74, 6) is 0. The molecule has 0 fully saturated rings. The second-order valence-corrected chi connectivity index (χ2v) is 5.48. The molecule has 118 valence electrons. The molecule has 1 atom stereocenters. The normalized spacial score (nSPS) is 12.7. The van der Waals surface area contributed by atoms with Gasteiger partial charge in [0.05, 0.1) is 0 Å². The smallest absolute Gasteiger partial charge is 0.213 e. The largest absolute Gasteiger partial charge is 1.00 e. The third-order valence-corrected chi connectivity index (χ3v) is 4.08. The zero-order valence-corrected chi connectivity index (χ0v) is 15.8. The zero-order chi connectivity index (χ0) is 15.1. The molecule has 1 aromatic heterocycles. The molecular formula is C20H26IN. The molecule has 0 aliphatic rings. The summed E-state index contributed by atoms with van der Waals surface area (Å²) in [6, 6.07) is 13.1. The fourth-order valence-corrected chi connectivity index (χ4v) is 2.91. The summed E-state index contributed by atoms with van der Waals surface area (Å²) >= 11 is 0. The van der Waals surface area contributed by atoms with Gasteiger partial charge in [-0.15, -0.1) is 0 Å². The maximum atomic E-state index is 4.08. The Morgan fingerprint density at radius 3 is 2.59 bits per heavy atom. The lowest BCUT2D eigenvalue weighted by molar-refractivity contribution is -0.679. The number of aromatic nitrogens is 1. The predicted octanol–water partition coefficient (Wildman–Crippen LogP) is 2.38. The van der Waals surface area contributed by atoms with E-state index in [9.17, 15) is 0 Å². The van der Waals surface area contributed by atoms with E-state index in [1.807, 2.05) is 0 Å². The molecule has 1 nitrogen and oxygen atoms in total. The van der Waals surface area contributed by atoms with Crippen LogP contribution in [0.15, 0.2) is 66.9 Å². The van der Waals surface area contributed by atoms with Crippen LogP contribution >= 0.6 is 0 Å². The van der Waals surface area contributed by atoms with Crippen molar-refractivity contribution in [2.24, 2.45) is 0 Å². The van der Waals surface area contributed by atoms with Crippen molar-refractivity contribution in [1.82, 2.24) is 0 Å². The molecular weight excluding hydrogens is 381 g/mol. The molecule has 0 saturated heterocycles.